The molecule has 0 atom stereocenters. The second-order valence-corrected chi connectivity index (χ2v) is 4.69. The minimum Gasteiger partial charge on any atom is -0.481 e. The molecule has 0 unspecified atom stereocenters. The van der Waals surface area contributed by atoms with Crippen molar-refractivity contribution in [1.29, 1.82) is 0 Å². The van der Waals surface area contributed by atoms with Crippen molar-refractivity contribution in [3.63, 3.8) is 0 Å². The average Bonchev–Trinajstić information content (AvgIpc) is 2.66. The molecular weight excluding hydrogens is 285 g/mol. The van der Waals surface area contributed by atoms with Crippen molar-refractivity contribution in [2.24, 2.45) is 0 Å². The molecule has 0 spiro atoms. The van der Waals surface area contributed by atoms with Gasteiger partial charge in [-0.1, -0.05) is 0 Å². The molecule has 0 saturated carbocycles. The van der Waals surface area contributed by atoms with Gasteiger partial charge in [0, 0.05) is 11.4 Å². The molecule has 21 heavy (non-hydrogen) atoms. The van der Waals surface area contributed by atoms with Crippen molar-refractivity contribution >= 4 is 5.97 Å². The number of carboxylic acid groups (broad SMARTS) is 1. The predicted octanol–water partition coefficient (Wildman–Crippen LogP) is 3.14. The standard InChI is InChI=1S/C14H13F3N2O2/c1-8-3-4-9(2)19(8)13-11(14(15,16)17)6-5-10(18-13)7-12(20)21/h3-6H,7H2,1-2H3,(H,20,21). The van der Waals surface area contributed by atoms with Gasteiger partial charge in [-0.2, -0.15) is 13.2 Å². The van der Waals surface area contributed by atoms with Crippen LogP contribution in [-0.4, -0.2) is 20.6 Å². The Balaban J connectivity index is 2.67. The van der Waals surface area contributed by atoms with Crippen LogP contribution in [0.1, 0.15) is 22.6 Å². The number of aryl methyl sites for hydroxylation is 2. The number of aromatic nitrogens is 2. The molecule has 1 N–H and O–H groups in total. The van der Waals surface area contributed by atoms with Gasteiger partial charge >= 0.3 is 12.1 Å². The molecule has 0 aliphatic carbocycles. The third kappa shape index (κ3) is 3.07. The number of rotatable bonds is 3. The fraction of sp³-hybridized carbons (Fsp3) is 0.286. The van der Waals surface area contributed by atoms with E-state index >= 15 is 0 Å². The van der Waals surface area contributed by atoms with Crippen LogP contribution >= 0.6 is 0 Å². The van der Waals surface area contributed by atoms with Crippen LogP contribution in [0.3, 0.4) is 0 Å². The van der Waals surface area contributed by atoms with Crippen LogP contribution in [0.15, 0.2) is 24.3 Å². The Morgan fingerprint density at radius 3 is 2.24 bits per heavy atom. The molecule has 2 heterocycles. The molecule has 0 saturated heterocycles. The zero-order valence-electron chi connectivity index (χ0n) is 11.4. The summed E-state index contributed by atoms with van der Waals surface area (Å²) < 4.78 is 40.8. The van der Waals surface area contributed by atoms with Crippen LogP contribution in [0.4, 0.5) is 13.2 Å². The number of alkyl halides is 3. The van der Waals surface area contributed by atoms with Crippen molar-refractivity contribution in [2.45, 2.75) is 26.4 Å². The normalized spacial score (nSPS) is 11.7. The number of carboxylic acids is 1. The molecule has 0 aliphatic heterocycles. The summed E-state index contributed by atoms with van der Waals surface area (Å²) in [6.07, 6.45) is -4.99. The lowest BCUT2D eigenvalue weighted by molar-refractivity contribution is -0.137. The molecule has 0 bridgehead atoms. The molecule has 0 aromatic carbocycles. The first-order valence-electron chi connectivity index (χ1n) is 6.14. The topological polar surface area (TPSA) is 55.1 Å². The Bertz CT molecular complexity index is 671. The van der Waals surface area contributed by atoms with Gasteiger partial charge in [-0.3, -0.25) is 4.79 Å². The lowest BCUT2D eigenvalue weighted by Gasteiger charge is -2.16. The number of pyridine rings is 1. The van der Waals surface area contributed by atoms with Gasteiger partial charge < -0.3 is 9.67 Å². The number of hydrogen-bond acceptors (Lipinski definition) is 2. The second-order valence-electron chi connectivity index (χ2n) is 4.69. The smallest absolute Gasteiger partial charge is 0.419 e. The van der Waals surface area contributed by atoms with Crippen molar-refractivity contribution < 1.29 is 23.1 Å². The summed E-state index contributed by atoms with van der Waals surface area (Å²) in [7, 11) is 0. The molecule has 2 aromatic heterocycles. The molecule has 7 heteroatoms. The first kappa shape index (κ1) is 15.1. The van der Waals surface area contributed by atoms with E-state index in [-0.39, 0.29) is 11.5 Å². The summed E-state index contributed by atoms with van der Waals surface area (Å²) in [5.41, 5.74) is 0.382. The Kier molecular flexibility index (Phi) is 3.76. The summed E-state index contributed by atoms with van der Waals surface area (Å²) >= 11 is 0. The zero-order chi connectivity index (χ0) is 15.8. The number of nitrogens with zero attached hydrogens (tertiary/aromatic N) is 2. The highest BCUT2D eigenvalue weighted by atomic mass is 19.4. The summed E-state index contributed by atoms with van der Waals surface area (Å²) in [5, 5.41) is 8.76. The van der Waals surface area contributed by atoms with E-state index in [1.54, 1.807) is 26.0 Å². The van der Waals surface area contributed by atoms with E-state index < -0.39 is 24.1 Å². The van der Waals surface area contributed by atoms with Gasteiger partial charge in [-0.15, -0.1) is 0 Å². The zero-order valence-corrected chi connectivity index (χ0v) is 11.4. The van der Waals surface area contributed by atoms with E-state index in [1.165, 1.54) is 4.57 Å². The molecule has 0 fully saturated rings. The molecule has 4 nitrogen and oxygen atoms in total. The summed E-state index contributed by atoms with van der Waals surface area (Å²) in [6, 6.07) is 5.33. The van der Waals surface area contributed by atoms with E-state index in [0.717, 1.165) is 12.1 Å². The van der Waals surface area contributed by atoms with E-state index in [0.29, 0.717) is 11.4 Å². The van der Waals surface area contributed by atoms with Crippen LogP contribution in [-0.2, 0) is 17.4 Å². The molecule has 0 aliphatic rings. The first-order valence-corrected chi connectivity index (χ1v) is 6.14. The molecule has 0 radical (unpaired) electrons. The Morgan fingerprint density at radius 2 is 1.76 bits per heavy atom. The van der Waals surface area contributed by atoms with Gasteiger partial charge in [-0.05, 0) is 38.1 Å². The van der Waals surface area contributed by atoms with E-state index in [1.807, 2.05) is 0 Å². The van der Waals surface area contributed by atoms with Gasteiger partial charge in [0.2, 0.25) is 0 Å². The van der Waals surface area contributed by atoms with Gasteiger partial charge in [0.15, 0.2) is 0 Å². The predicted molar refractivity (Wildman–Crippen MR) is 69.4 cm³/mol. The summed E-state index contributed by atoms with van der Waals surface area (Å²) in [6.45, 7) is 3.33. The number of carbonyl (C=O) groups is 1. The fourth-order valence-electron chi connectivity index (χ4n) is 2.14. The fourth-order valence-corrected chi connectivity index (χ4v) is 2.14. The summed E-state index contributed by atoms with van der Waals surface area (Å²) in [4.78, 5) is 14.6. The average molecular weight is 298 g/mol. The third-order valence-corrected chi connectivity index (χ3v) is 3.05. The summed E-state index contributed by atoms with van der Waals surface area (Å²) in [5.74, 6) is -1.43. The third-order valence-electron chi connectivity index (χ3n) is 3.05. The van der Waals surface area contributed by atoms with Crippen molar-refractivity contribution in [1.82, 2.24) is 9.55 Å². The maximum atomic E-state index is 13.1. The van der Waals surface area contributed by atoms with Gasteiger partial charge in [0.1, 0.15) is 5.82 Å². The van der Waals surface area contributed by atoms with E-state index in [9.17, 15) is 18.0 Å². The van der Waals surface area contributed by atoms with Crippen LogP contribution in [0, 0.1) is 13.8 Å². The first-order chi connectivity index (χ1) is 9.70. The number of aliphatic carboxylic acids is 1. The minimum atomic E-state index is -4.56. The second kappa shape index (κ2) is 5.23. The number of hydrogen-bond donors (Lipinski definition) is 1. The Hall–Kier alpha value is -2.31. The van der Waals surface area contributed by atoms with Crippen LogP contribution < -0.4 is 0 Å². The van der Waals surface area contributed by atoms with Crippen LogP contribution in [0.5, 0.6) is 0 Å². The maximum Gasteiger partial charge on any atom is 0.419 e. The largest absolute Gasteiger partial charge is 0.481 e. The number of halogens is 3. The van der Waals surface area contributed by atoms with E-state index in [2.05, 4.69) is 4.98 Å². The van der Waals surface area contributed by atoms with Crippen molar-refractivity contribution in [2.75, 3.05) is 0 Å². The molecule has 2 rings (SSSR count). The monoisotopic (exact) mass is 298 g/mol. The molecular formula is C14H13F3N2O2. The molecule has 2 aromatic rings. The Morgan fingerprint density at radius 1 is 1.19 bits per heavy atom. The SMILES string of the molecule is Cc1ccc(C)n1-c1nc(CC(=O)O)ccc1C(F)(F)F. The highest BCUT2D eigenvalue weighted by Crippen LogP contribution is 2.34. The van der Waals surface area contributed by atoms with Crippen molar-refractivity contribution in [3.05, 3.63) is 46.9 Å². The van der Waals surface area contributed by atoms with Crippen molar-refractivity contribution in [3.8, 4) is 5.82 Å². The highest BCUT2D eigenvalue weighted by molar-refractivity contribution is 5.69. The minimum absolute atomic E-state index is 0.0815. The highest BCUT2D eigenvalue weighted by Gasteiger charge is 2.35. The van der Waals surface area contributed by atoms with Crippen LogP contribution in [0.25, 0.3) is 5.82 Å². The van der Waals surface area contributed by atoms with Gasteiger partial charge in [0.25, 0.3) is 0 Å². The van der Waals surface area contributed by atoms with E-state index in [4.69, 9.17) is 5.11 Å². The quantitative estimate of drug-likeness (QED) is 0.947. The van der Waals surface area contributed by atoms with Gasteiger partial charge in [-0.25, -0.2) is 4.98 Å². The lowest BCUT2D eigenvalue weighted by atomic mass is 10.2. The molecule has 112 valence electrons. The lowest BCUT2D eigenvalue weighted by Crippen LogP contribution is -2.16. The van der Waals surface area contributed by atoms with Crippen LogP contribution in [0.2, 0.25) is 0 Å². The maximum absolute atomic E-state index is 13.1. The molecule has 0 amide bonds. The Labute approximate surface area is 118 Å². The van der Waals surface area contributed by atoms with Gasteiger partial charge in [0.05, 0.1) is 17.7 Å².